The minimum Gasteiger partial charge on any atom is -0.478 e. The van der Waals surface area contributed by atoms with Crippen LogP contribution in [0.1, 0.15) is 11.1 Å². The molecule has 0 saturated heterocycles. The highest BCUT2D eigenvalue weighted by atomic mass is 35.5. The Morgan fingerprint density at radius 1 is 0.833 bits per heavy atom. The number of benzene rings is 3. The van der Waals surface area contributed by atoms with Gasteiger partial charge in [-0.25, -0.2) is 9.59 Å². The molecule has 6 rings (SSSR count). The van der Waals surface area contributed by atoms with Gasteiger partial charge in [0.1, 0.15) is 23.6 Å². The summed E-state index contributed by atoms with van der Waals surface area (Å²) in [5.41, 5.74) is 1.96. The Bertz CT molecular complexity index is 1790. The van der Waals surface area contributed by atoms with E-state index in [0.717, 1.165) is 5.56 Å². The van der Waals surface area contributed by atoms with Crippen molar-refractivity contribution in [3.63, 3.8) is 0 Å². The van der Waals surface area contributed by atoms with Gasteiger partial charge in [0.05, 0.1) is 21.2 Å². The van der Waals surface area contributed by atoms with Gasteiger partial charge in [0.25, 0.3) is 0 Å². The second-order valence-corrected chi connectivity index (χ2v) is 9.79. The van der Waals surface area contributed by atoms with Gasteiger partial charge in [0.15, 0.2) is 0 Å². The summed E-state index contributed by atoms with van der Waals surface area (Å²) in [7, 11) is 0. The normalized spacial score (nSPS) is 13.6. The van der Waals surface area contributed by atoms with Gasteiger partial charge in [-0.05, 0) is 54.1 Å². The molecule has 5 aromatic rings. The van der Waals surface area contributed by atoms with Crippen molar-refractivity contribution in [2.24, 2.45) is 0 Å². The van der Waals surface area contributed by atoms with Crippen molar-refractivity contribution in [3.05, 3.63) is 108 Å². The maximum absolute atomic E-state index is 12.9. The van der Waals surface area contributed by atoms with E-state index in [-0.39, 0.29) is 5.56 Å². The first-order valence-electron chi connectivity index (χ1n) is 11.0. The quantitative estimate of drug-likeness (QED) is 0.232. The van der Waals surface area contributed by atoms with Crippen molar-refractivity contribution in [1.29, 1.82) is 0 Å². The molecule has 0 aliphatic carbocycles. The zero-order chi connectivity index (χ0) is 25.0. The third kappa shape index (κ3) is 4.16. The molecule has 1 aliphatic rings. The van der Waals surface area contributed by atoms with E-state index in [0.29, 0.717) is 73.7 Å². The Balaban J connectivity index is 1.45. The van der Waals surface area contributed by atoms with Crippen molar-refractivity contribution in [3.8, 4) is 16.9 Å². The molecule has 0 atom stereocenters. The van der Waals surface area contributed by atoms with Crippen LogP contribution in [-0.2, 0) is 13.1 Å². The lowest BCUT2D eigenvalue weighted by Crippen LogP contribution is -2.31. The lowest BCUT2D eigenvalue weighted by Gasteiger charge is -2.29. The molecular weight excluding hydrogens is 525 g/mol. The van der Waals surface area contributed by atoms with E-state index < -0.39 is 11.3 Å². The largest absolute Gasteiger partial charge is 0.478 e. The Morgan fingerprint density at radius 2 is 1.69 bits per heavy atom. The van der Waals surface area contributed by atoms with Gasteiger partial charge in [-0.15, -0.1) is 0 Å². The second-order valence-electron chi connectivity index (χ2n) is 8.54. The van der Waals surface area contributed by atoms with Gasteiger partial charge >= 0.3 is 11.3 Å². The fraction of sp³-hybridized carbons (Fsp3) is 0.111. The summed E-state index contributed by atoms with van der Waals surface area (Å²) in [6, 6.07) is 17.0. The zero-order valence-corrected chi connectivity index (χ0v) is 20.8. The minimum atomic E-state index is -0.585. The van der Waals surface area contributed by atoms with Crippen LogP contribution in [0.25, 0.3) is 33.1 Å². The second kappa shape index (κ2) is 8.98. The Hall–Kier alpha value is -3.29. The van der Waals surface area contributed by atoms with Gasteiger partial charge < -0.3 is 13.6 Å². The van der Waals surface area contributed by atoms with Crippen LogP contribution in [0.15, 0.2) is 79.1 Å². The van der Waals surface area contributed by atoms with Crippen LogP contribution in [0.5, 0.6) is 5.75 Å². The highest BCUT2D eigenvalue weighted by molar-refractivity contribution is 6.42. The van der Waals surface area contributed by atoms with Gasteiger partial charge in [-0.2, -0.15) is 0 Å². The number of ether oxygens (including phenoxy) is 1. The van der Waals surface area contributed by atoms with Crippen LogP contribution in [-0.4, -0.2) is 11.6 Å². The van der Waals surface area contributed by atoms with Crippen molar-refractivity contribution in [1.82, 2.24) is 4.90 Å². The summed E-state index contributed by atoms with van der Waals surface area (Å²) in [6.45, 7) is 1.35. The predicted molar refractivity (Wildman–Crippen MR) is 140 cm³/mol. The molecule has 0 fully saturated rings. The standard InChI is InChI=1S/C27H16Cl3NO5/c28-16-2-5-23-15(8-16)9-19(27(33)35-23)18-10-25(32)36-26-17(18)3-6-24-20(26)12-31(13-34-24)11-14-1-4-21(29)22(30)7-14/h1-10H,11-13H2. The first-order valence-corrected chi connectivity index (χ1v) is 12.1. The van der Waals surface area contributed by atoms with Crippen molar-refractivity contribution >= 4 is 56.7 Å². The molecule has 9 heteroatoms. The average Bonchev–Trinajstić information content (AvgIpc) is 2.85. The first-order chi connectivity index (χ1) is 17.4. The summed E-state index contributed by atoms with van der Waals surface area (Å²) in [6.07, 6.45) is 0. The van der Waals surface area contributed by atoms with Crippen LogP contribution in [0.4, 0.5) is 0 Å². The highest BCUT2D eigenvalue weighted by Gasteiger charge is 2.24. The summed E-state index contributed by atoms with van der Waals surface area (Å²) >= 11 is 18.3. The number of hydrogen-bond donors (Lipinski definition) is 0. The third-order valence-electron chi connectivity index (χ3n) is 6.13. The van der Waals surface area contributed by atoms with Gasteiger partial charge in [-0.3, -0.25) is 4.90 Å². The lowest BCUT2D eigenvalue weighted by molar-refractivity contribution is 0.0890. The Labute approximate surface area is 219 Å². The van der Waals surface area contributed by atoms with Crippen LogP contribution < -0.4 is 16.0 Å². The molecule has 0 N–H and O–H groups in total. The number of fused-ring (bicyclic) bond motifs is 4. The summed E-state index contributed by atoms with van der Waals surface area (Å²) in [5.74, 6) is 0.616. The average molecular weight is 541 g/mol. The number of hydrogen-bond acceptors (Lipinski definition) is 6. The molecule has 0 unspecified atom stereocenters. The Morgan fingerprint density at radius 3 is 2.53 bits per heavy atom. The van der Waals surface area contributed by atoms with Crippen LogP contribution in [0.2, 0.25) is 15.1 Å². The van der Waals surface area contributed by atoms with Gasteiger partial charge in [0.2, 0.25) is 0 Å². The third-order valence-corrected chi connectivity index (χ3v) is 7.11. The minimum absolute atomic E-state index is 0.243. The van der Waals surface area contributed by atoms with E-state index in [9.17, 15) is 9.59 Å². The maximum atomic E-state index is 12.9. The van der Waals surface area contributed by atoms with E-state index in [1.165, 1.54) is 6.07 Å². The number of halogens is 3. The molecule has 36 heavy (non-hydrogen) atoms. The van der Waals surface area contributed by atoms with E-state index in [1.807, 2.05) is 23.1 Å². The molecule has 180 valence electrons. The molecular formula is C27H16Cl3NO5. The van der Waals surface area contributed by atoms with Gasteiger partial charge in [0, 0.05) is 40.5 Å². The summed E-state index contributed by atoms with van der Waals surface area (Å²) in [4.78, 5) is 27.6. The SMILES string of the molecule is O=c1cc(-c2cc3cc(Cl)ccc3oc2=O)c2ccc3c(c2o1)CN(Cc1ccc(Cl)c(Cl)c1)CO3. The molecule has 0 saturated carbocycles. The first kappa shape index (κ1) is 23.1. The maximum Gasteiger partial charge on any atom is 0.344 e. The molecule has 0 radical (unpaired) electrons. The lowest BCUT2D eigenvalue weighted by atomic mass is 9.99. The number of rotatable bonds is 3. The van der Waals surface area contributed by atoms with E-state index in [1.54, 1.807) is 36.4 Å². The molecule has 3 heterocycles. The molecule has 0 spiro atoms. The summed E-state index contributed by atoms with van der Waals surface area (Å²) < 4.78 is 17.1. The highest BCUT2D eigenvalue weighted by Crippen LogP contribution is 2.36. The van der Waals surface area contributed by atoms with Crippen molar-refractivity contribution < 1.29 is 13.6 Å². The van der Waals surface area contributed by atoms with Crippen LogP contribution in [0, 0.1) is 0 Å². The smallest absolute Gasteiger partial charge is 0.344 e. The Kier molecular flexibility index (Phi) is 5.77. The van der Waals surface area contributed by atoms with Gasteiger partial charge in [-0.1, -0.05) is 40.9 Å². The monoisotopic (exact) mass is 539 g/mol. The van der Waals surface area contributed by atoms with Crippen molar-refractivity contribution in [2.45, 2.75) is 13.1 Å². The topological polar surface area (TPSA) is 72.9 Å². The van der Waals surface area contributed by atoms with E-state index >= 15 is 0 Å². The fourth-order valence-corrected chi connectivity index (χ4v) is 4.98. The molecule has 0 bridgehead atoms. The molecule has 0 amide bonds. The molecule has 2 aromatic heterocycles. The predicted octanol–water partition coefficient (Wildman–Crippen LogP) is 6.88. The van der Waals surface area contributed by atoms with E-state index in [4.69, 9.17) is 48.4 Å². The van der Waals surface area contributed by atoms with E-state index in [2.05, 4.69) is 0 Å². The number of nitrogens with zero attached hydrogens (tertiary/aromatic N) is 1. The van der Waals surface area contributed by atoms with Crippen LogP contribution >= 0.6 is 34.8 Å². The van der Waals surface area contributed by atoms with Crippen molar-refractivity contribution in [2.75, 3.05) is 6.73 Å². The zero-order valence-electron chi connectivity index (χ0n) is 18.5. The van der Waals surface area contributed by atoms with Crippen LogP contribution in [0.3, 0.4) is 0 Å². The molecule has 6 nitrogen and oxygen atoms in total. The summed E-state index contributed by atoms with van der Waals surface area (Å²) in [5, 5.41) is 2.72. The molecule has 3 aromatic carbocycles. The molecule has 1 aliphatic heterocycles. The fourth-order valence-electron chi connectivity index (χ4n) is 4.48.